The molecule has 0 atom stereocenters. The van der Waals surface area contributed by atoms with Crippen LogP contribution in [0.1, 0.15) is 28.9 Å². The summed E-state index contributed by atoms with van der Waals surface area (Å²) < 4.78 is 9.33. The van der Waals surface area contributed by atoms with Crippen molar-refractivity contribution in [3.63, 3.8) is 0 Å². The monoisotopic (exact) mass is 511 g/mol. The predicted molar refractivity (Wildman–Crippen MR) is 139 cm³/mol. The van der Waals surface area contributed by atoms with Crippen LogP contribution >= 0.6 is 23.4 Å². The second-order valence-corrected chi connectivity index (χ2v) is 10.5. The average molecular weight is 512 g/mol. The standard InChI is InChI=1S/C25H30ClN7OS/c1-16-21(26)22(32(4)30-16)20-7-6-18-8-11-33(12-9-19(18)14-20)10-5-13-35-25-29-28-24(31(25)3)23-17(2)27-15-34-23/h6-7,14-15H,5,8-13H2,1-4H3. The van der Waals surface area contributed by atoms with Crippen LogP contribution in [0.3, 0.4) is 0 Å². The third kappa shape index (κ3) is 4.90. The number of halogens is 1. The van der Waals surface area contributed by atoms with Crippen molar-refractivity contribution in [2.75, 3.05) is 25.4 Å². The van der Waals surface area contributed by atoms with Crippen molar-refractivity contribution in [2.45, 2.75) is 38.3 Å². The van der Waals surface area contributed by atoms with E-state index in [1.165, 1.54) is 17.5 Å². The van der Waals surface area contributed by atoms with Gasteiger partial charge in [-0.05, 0) is 56.8 Å². The molecule has 8 nitrogen and oxygen atoms in total. The van der Waals surface area contributed by atoms with Gasteiger partial charge in [0.05, 0.1) is 22.1 Å². The highest BCUT2D eigenvalue weighted by atomic mass is 35.5. The summed E-state index contributed by atoms with van der Waals surface area (Å²) in [6.07, 6.45) is 4.67. The molecule has 10 heteroatoms. The Morgan fingerprint density at radius 2 is 1.86 bits per heavy atom. The number of hydrogen-bond donors (Lipinski definition) is 0. The van der Waals surface area contributed by atoms with E-state index in [1.54, 1.807) is 11.8 Å². The summed E-state index contributed by atoms with van der Waals surface area (Å²) in [5, 5.41) is 14.8. The highest BCUT2D eigenvalue weighted by molar-refractivity contribution is 7.99. The molecule has 5 rings (SSSR count). The summed E-state index contributed by atoms with van der Waals surface area (Å²) in [6.45, 7) is 7.09. The summed E-state index contributed by atoms with van der Waals surface area (Å²) in [6, 6.07) is 6.76. The molecule has 0 saturated heterocycles. The van der Waals surface area contributed by atoms with E-state index in [0.29, 0.717) is 5.76 Å². The molecule has 1 aliphatic rings. The molecule has 1 aromatic carbocycles. The van der Waals surface area contributed by atoms with Crippen LogP contribution < -0.4 is 0 Å². The number of rotatable bonds is 7. The van der Waals surface area contributed by atoms with Gasteiger partial charge in [-0.15, -0.1) is 10.2 Å². The minimum absolute atomic E-state index is 0.680. The first-order valence-corrected chi connectivity index (χ1v) is 13.2. The first-order chi connectivity index (χ1) is 16.9. The lowest BCUT2D eigenvalue weighted by molar-refractivity contribution is 0.289. The molecule has 1 aliphatic heterocycles. The van der Waals surface area contributed by atoms with Crippen molar-refractivity contribution >= 4 is 23.4 Å². The van der Waals surface area contributed by atoms with Gasteiger partial charge in [-0.25, -0.2) is 4.98 Å². The number of aryl methyl sites for hydroxylation is 3. The topological polar surface area (TPSA) is 77.8 Å². The molecule has 184 valence electrons. The minimum atomic E-state index is 0.680. The molecule has 0 bridgehead atoms. The Morgan fingerprint density at radius 3 is 2.57 bits per heavy atom. The summed E-state index contributed by atoms with van der Waals surface area (Å²) in [7, 11) is 3.93. The van der Waals surface area contributed by atoms with Crippen LogP contribution in [0.5, 0.6) is 0 Å². The summed E-state index contributed by atoms with van der Waals surface area (Å²) in [5.74, 6) is 2.39. The molecule has 0 N–H and O–H groups in total. The lowest BCUT2D eigenvalue weighted by atomic mass is 9.98. The average Bonchev–Trinajstić information content (AvgIpc) is 3.44. The van der Waals surface area contributed by atoms with Gasteiger partial charge in [-0.2, -0.15) is 5.10 Å². The van der Waals surface area contributed by atoms with Crippen molar-refractivity contribution in [3.8, 4) is 22.8 Å². The van der Waals surface area contributed by atoms with Gasteiger partial charge in [0.2, 0.25) is 5.82 Å². The van der Waals surface area contributed by atoms with Crippen molar-refractivity contribution in [3.05, 3.63) is 52.1 Å². The van der Waals surface area contributed by atoms with E-state index in [-0.39, 0.29) is 0 Å². The smallest absolute Gasteiger partial charge is 0.202 e. The lowest BCUT2D eigenvalue weighted by Gasteiger charge is -2.19. The number of thioether (sulfide) groups is 1. The third-order valence-corrected chi connectivity index (χ3v) is 8.22. The van der Waals surface area contributed by atoms with E-state index < -0.39 is 0 Å². The Balaban J connectivity index is 1.15. The number of aromatic nitrogens is 6. The second-order valence-electron chi connectivity index (χ2n) is 9.03. The molecule has 35 heavy (non-hydrogen) atoms. The van der Waals surface area contributed by atoms with Crippen molar-refractivity contribution in [1.82, 2.24) is 34.4 Å². The SMILES string of the molecule is Cc1ncoc1-c1nnc(SCCCN2CCc3ccc(-c4c(Cl)c(C)nn4C)cc3CC2)n1C. The van der Waals surface area contributed by atoms with Gasteiger partial charge in [-0.3, -0.25) is 4.68 Å². The van der Waals surface area contributed by atoms with Crippen LogP contribution in [0, 0.1) is 13.8 Å². The molecule has 4 aromatic rings. The first kappa shape index (κ1) is 24.1. The first-order valence-electron chi connectivity index (χ1n) is 11.9. The maximum Gasteiger partial charge on any atom is 0.202 e. The Kier molecular flexibility index (Phi) is 7.00. The Bertz CT molecular complexity index is 1340. The number of nitrogens with zero attached hydrogens (tertiary/aromatic N) is 7. The van der Waals surface area contributed by atoms with Gasteiger partial charge >= 0.3 is 0 Å². The highest BCUT2D eigenvalue weighted by Crippen LogP contribution is 2.32. The molecular weight excluding hydrogens is 482 g/mol. The zero-order valence-corrected chi connectivity index (χ0v) is 22.2. The Morgan fingerprint density at radius 1 is 1.06 bits per heavy atom. The van der Waals surface area contributed by atoms with Crippen LogP contribution in [0.25, 0.3) is 22.8 Å². The molecule has 0 saturated carbocycles. The van der Waals surface area contributed by atoms with Gasteiger partial charge in [0.15, 0.2) is 17.3 Å². The van der Waals surface area contributed by atoms with E-state index in [0.717, 1.165) is 83.3 Å². The molecule has 3 aromatic heterocycles. The number of benzene rings is 1. The minimum Gasteiger partial charge on any atom is -0.440 e. The normalized spacial score (nSPS) is 14.3. The number of hydrogen-bond acceptors (Lipinski definition) is 7. The van der Waals surface area contributed by atoms with Crippen LogP contribution in [-0.4, -0.2) is 59.8 Å². The predicted octanol–water partition coefficient (Wildman–Crippen LogP) is 4.72. The van der Waals surface area contributed by atoms with E-state index in [4.69, 9.17) is 16.0 Å². The molecule has 4 heterocycles. The van der Waals surface area contributed by atoms with E-state index in [1.807, 2.05) is 37.2 Å². The molecule has 0 fully saturated rings. The molecular formula is C25H30ClN7OS. The molecule has 0 spiro atoms. The van der Waals surface area contributed by atoms with Gasteiger partial charge < -0.3 is 13.9 Å². The van der Waals surface area contributed by atoms with E-state index >= 15 is 0 Å². The fraction of sp³-hybridized carbons (Fsp3) is 0.440. The maximum absolute atomic E-state index is 6.54. The highest BCUT2D eigenvalue weighted by Gasteiger charge is 2.19. The van der Waals surface area contributed by atoms with Crippen molar-refractivity contribution in [2.24, 2.45) is 14.1 Å². The molecule has 0 amide bonds. The third-order valence-electron chi connectivity index (χ3n) is 6.66. The molecule has 0 radical (unpaired) electrons. The molecule has 0 aliphatic carbocycles. The summed E-state index contributed by atoms with van der Waals surface area (Å²) in [4.78, 5) is 6.72. The zero-order chi connectivity index (χ0) is 24.5. The van der Waals surface area contributed by atoms with Crippen molar-refractivity contribution in [1.29, 1.82) is 0 Å². The zero-order valence-electron chi connectivity index (χ0n) is 20.6. The van der Waals surface area contributed by atoms with Crippen LogP contribution in [-0.2, 0) is 26.9 Å². The Labute approximate surface area is 214 Å². The fourth-order valence-corrected chi connectivity index (χ4v) is 5.80. The van der Waals surface area contributed by atoms with Gasteiger partial charge in [0.25, 0.3) is 0 Å². The van der Waals surface area contributed by atoms with Gasteiger partial charge in [0, 0.05) is 38.5 Å². The van der Waals surface area contributed by atoms with Gasteiger partial charge in [0.1, 0.15) is 0 Å². The van der Waals surface area contributed by atoms with E-state index in [2.05, 4.69) is 43.4 Å². The summed E-state index contributed by atoms with van der Waals surface area (Å²) in [5.41, 5.74) is 6.69. The van der Waals surface area contributed by atoms with Gasteiger partial charge in [-0.1, -0.05) is 35.5 Å². The van der Waals surface area contributed by atoms with Crippen LogP contribution in [0.4, 0.5) is 0 Å². The largest absolute Gasteiger partial charge is 0.440 e. The second kappa shape index (κ2) is 10.2. The fourth-order valence-electron chi connectivity index (χ4n) is 4.69. The van der Waals surface area contributed by atoms with Crippen LogP contribution in [0.2, 0.25) is 5.02 Å². The quantitative estimate of drug-likeness (QED) is 0.262. The maximum atomic E-state index is 6.54. The number of fused-ring (bicyclic) bond motifs is 1. The summed E-state index contributed by atoms with van der Waals surface area (Å²) >= 11 is 8.27. The van der Waals surface area contributed by atoms with E-state index in [9.17, 15) is 0 Å². The Hall–Kier alpha value is -2.62. The molecule has 0 unspecified atom stereocenters. The number of oxazole rings is 1. The van der Waals surface area contributed by atoms with Crippen molar-refractivity contribution < 1.29 is 4.42 Å². The lowest BCUT2D eigenvalue weighted by Crippen LogP contribution is -2.27. The van der Waals surface area contributed by atoms with Crippen LogP contribution in [0.15, 0.2) is 34.2 Å².